The molecule has 0 aromatic heterocycles. The molecule has 2 rings (SSSR count). The molecule has 7 heteroatoms. The summed E-state index contributed by atoms with van der Waals surface area (Å²) in [6.45, 7) is 6.27. The Morgan fingerprint density at radius 1 is 1.26 bits per heavy atom. The highest BCUT2D eigenvalue weighted by atomic mass is 19.4. The number of anilines is 1. The second-order valence-corrected chi connectivity index (χ2v) is 6.02. The highest BCUT2D eigenvalue weighted by Crippen LogP contribution is 2.35. The number of nitrogens with one attached hydrogen (secondary N) is 1. The number of hydrogen-bond donors (Lipinski definition) is 1. The number of nitrogens with zero attached hydrogens (tertiary/aromatic N) is 3. The number of alkyl halides is 3. The third kappa shape index (κ3) is 4.85. The Bertz CT molecular complexity index is 572. The quantitative estimate of drug-likeness (QED) is 0.924. The zero-order valence-electron chi connectivity index (χ0n) is 13.3. The van der Waals surface area contributed by atoms with Gasteiger partial charge in [0.1, 0.15) is 0 Å². The van der Waals surface area contributed by atoms with E-state index in [0.717, 1.165) is 32.2 Å². The summed E-state index contributed by atoms with van der Waals surface area (Å²) in [7, 11) is 2.06. The Hall–Kier alpha value is -1.78. The zero-order chi connectivity index (χ0) is 17.0. The van der Waals surface area contributed by atoms with E-state index < -0.39 is 11.7 Å². The first-order valence-electron chi connectivity index (χ1n) is 7.58. The van der Waals surface area contributed by atoms with Gasteiger partial charge in [0.25, 0.3) is 0 Å². The number of nitriles is 1. The predicted octanol–water partition coefficient (Wildman–Crippen LogP) is 2.62. The number of piperazine rings is 1. The van der Waals surface area contributed by atoms with E-state index in [2.05, 4.69) is 22.2 Å². The molecule has 23 heavy (non-hydrogen) atoms. The van der Waals surface area contributed by atoms with E-state index in [4.69, 9.17) is 5.26 Å². The van der Waals surface area contributed by atoms with Crippen molar-refractivity contribution >= 4 is 5.69 Å². The first kappa shape index (κ1) is 17.6. The van der Waals surface area contributed by atoms with Gasteiger partial charge in [0.05, 0.1) is 17.2 Å². The lowest BCUT2D eigenvalue weighted by atomic mass is 10.1. The van der Waals surface area contributed by atoms with Crippen LogP contribution in [0.3, 0.4) is 0 Å². The number of likely N-dealkylation sites (N-methyl/N-ethyl adjacent to an activating group) is 1. The average Bonchev–Trinajstić information content (AvgIpc) is 2.48. The molecular formula is C16H21F3N4. The Kier molecular flexibility index (Phi) is 5.50. The van der Waals surface area contributed by atoms with Gasteiger partial charge in [-0.25, -0.2) is 0 Å². The fourth-order valence-corrected chi connectivity index (χ4v) is 2.71. The molecule has 1 aliphatic heterocycles. The zero-order valence-corrected chi connectivity index (χ0v) is 13.3. The fraction of sp³-hybridized carbons (Fsp3) is 0.562. The van der Waals surface area contributed by atoms with E-state index in [-0.39, 0.29) is 17.3 Å². The first-order chi connectivity index (χ1) is 10.8. The molecule has 1 fully saturated rings. The van der Waals surface area contributed by atoms with Gasteiger partial charge in [-0.15, -0.1) is 0 Å². The van der Waals surface area contributed by atoms with Crippen molar-refractivity contribution in [1.29, 1.82) is 5.26 Å². The monoisotopic (exact) mass is 326 g/mol. The van der Waals surface area contributed by atoms with Crippen molar-refractivity contribution < 1.29 is 13.2 Å². The molecule has 126 valence electrons. The van der Waals surface area contributed by atoms with Gasteiger partial charge >= 0.3 is 6.18 Å². The van der Waals surface area contributed by atoms with E-state index in [1.807, 2.05) is 13.0 Å². The van der Waals surface area contributed by atoms with Crippen LogP contribution < -0.4 is 5.32 Å². The van der Waals surface area contributed by atoms with Crippen LogP contribution in [-0.2, 0) is 6.18 Å². The van der Waals surface area contributed by atoms with Crippen LogP contribution in [0, 0.1) is 11.3 Å². The third-order valence-electron chi connectivity index (χ3n) is 3.98. The maximum atomic E-state index is 13.1. The van der Waals surface area contributed by atoms with Gasteiger partial charge in [0.2, 0.25) is 0 Å². The lowest BCUT2D eigenvalue weighted by molar-refractivity contribution is -0.137. The van der Waals surface area contributed by atoms with Crippen LogP contribution in [0.5, 0.6) is 0 Å². The molecule has 0 saturated carbocycles. The minimum absolute atomic E-state index is 0.0295. The number of rotatable bonds is 4. The summed E-state index contributed by atoms with van der Waals surface area (Å²) >= 11 is 0. The summed E-state index contributed by atoms with van der Waals surface area (Å²) in [4.78, 5) is 4.46. The summed E-state index contributed by atoms with van der Waals surface area (Å²) in [5.74, 6) is 0. The molecule has 1 aromatic carbocycles. The molecule has 1 aromatic rings. The van der Waals surface area contributed by atoms with E-state index in [0.29, 0.717) is 6.54 Å². The number of hydrogen-bond acceptors (Lipinski definition) is 4. The molecule has 1 atom stereocenters. The van der Waals surface area contributed by atoms with Gasteiger partial charge in [0, 0.05) is 44.5 Å². The summed E-state index contributed by atoms with van der Waals surface area (Å²) < 4.78 is 39.3. The van der Waals surface area contributed by atoms with Crippen LogP contribution in [0.1, 0.15) is 18.1 Å². The molecule has 0 aliphatic carbocycles. The van der Waals surface area contributed by atoms with E-state index in [1.54, 1.807) is 0 Å². The van der Waals surface area contributed by atoms with Crippen molar-refractivity contribution in [1.82, 2.24) is 9.80 Å². The van der Waals surface area contributed by atoms with Crippen LogP contribution in [0.15, 0.2) is 18.2 Å². The summed E-state index contributed by atoms with van der Waals surface area (Å²) in [5.41, 5.74) is -0.549. The molecule has 4 nitrogen and oxygen atoms in total. The maximum Gasteiger partial charge on any atom is 0.418 e. The number of benzene rings is 1. The molecule has 0 amide bonds. The van der Waals surface area contributed by atoms with Gasteiger partial charge in [0.15, 0.2) is 0 Å². The van der Waals surface area contributed by atoms with Crippen molar-refractivity contribution in [2.24, 2.45) is 0 Å². The molecule has 0 unspecified atom stereocenters. The lowest BCUT2D eigenvalue weighted by Gasteiger charge is -2.34. The van der Waals surface area contributed by atoms with Crippen molar-refractivity contribution in [2.75, 3.05) is 45.1 Å². The van der Waals surface area contributed by atoms with Crippen LogP contribution >= 0.6 is 0 Å². The molecule has 0 bridgehead atoms. The Morgan fingerprint density at radius 2 is 1.91 bits per heavy atom. The standard InChI is InChI=1S/C16H21F3N4/c1-12(11-23-7-5-22(2)6-8-23)21-15-9-13(10-20)3-4-14(15)16(17,18)19/h3-4,9,12,21H,5-8,11H2,1-2H3/t12-/m0/s1. The Labute approximate surface area is 134 Å². The number of halogens is 3. The van der Waals surface area contributed by atoms with Crippen LogP contribution in [-0.4, -0.2) is 55.6 Å². The normalized spacial score (nSPS) is 18.4. The SMILES string of the molecule is C[C@@H](CN1CCN(C)CC1)Nc1cc(C#N)ccc1C(F)(F)F. The van der Waals surface area contributed by atoms with Crippen LogP contribution in [0.4, 0.5) is 18.9 Å². The van der Waals surface area contributed by atoms with Gasteiger partial charge < -0.3 is 10.2 Å². The second-order valence-electron chi connectivity index (χ2n) is 6.02. The summed E-state index contributed by atoms with van der Waals surface area (Å²) in [5, 5.41) is 11.8. The highest BCUT2D eigenvalue weighted by molar-refractivity contribution is 5.57. The summed E-state index contributed by atoms with van der Waals surface area (Å²) in [6, 6.07) is 5.16. The Morgan fingerprint density at radius 3 is 2.48 bits per heavy atom. The minimum atomic E-state index is -4.44. The molecule has 1 saturated heterocycles. The Balaban J connectivity index is 2.07. The van der Waals surface area contributed by atoms with Gasteiger partial charge in [-0.3, -0.25) is 4.90 Å². The van der Waals surface area contributed by atoms with Crippen LogP contribution in [0.2, 0.25) is 0 Å². The topological polar surface area (TPSA) is 42.3 Å². The van der Waals surface area contributed by atoms with Gasteiger partial charge in [-0.05, 0) is 32.2 Å². The van der Waals surface area contributed by atoms with Crippen molar-refractivity contribution in [2.45, 2.75) is 19.1 Å². The molecule has 0 spiro atoms. The first-order valence-corrected chi connectivity index (χ1v) is 7.58. The van der Waals surface area contributed by atoms with E-state index in [1.165, 1.54) is 12.1 Å². The van der Waals surface area contributed by atoms with E-state index >= 15 is 0 Å². The van der Waals surface area contributed by atoms with Crippen molar-refractivity contribution in [3.05, 3.63) is 29.3 Å². The predicted molar refractivity (Wildman–Crippen MR) is 83.2 cm³/mol. The van der Waals surface area contributed by atoms with Crippen molar-refractivity contribution in [3.8, 4) is 6.07 Å². The van der Waals surface area contributed by atoms with Gasteiger partial charge in [-0.1, -0.05) is 0 Å². The maximum absolute atomic E-state index is 13.1. The van der Waals surface area contributed by atoms with Gasteiger partial charge in [-0.2, -0.15) is 18.4 Å². The molecule has 1 heterocycles. The summed E-state index contributed by atoms with van der Waals surface area (Å²) in [6.07, 6.45) is -4.44. The minimum Gasteiger partial charge on any atom is -0.381 e. The lowest BCUT2D eigenvalue weighted by Crippen LogP contribution is -2.47. The fourth-order valence-electron chi connectivity index (χ4n) is 2.71. The molecular weight excluding hydrogens is 305 g/mol. The largest absolute Gasteiger partial charge is 0.418 e. The highest BCUT2D eigenvalue weighted by Gasteiger charge is 2.34. The molecule has 0 radical (unpaired) electrons. The van der Waals surface area contributed by atoms with E-state index in [9.17, 15) is 13.2 Å². The molecule has 1 N–H and O–H groups in total. The van der Waals surface area contributed by atoms with Crippen molar-refractivity contribution in [3.63, 3.8) is 0 Å². The average molecular weight is 326 g/mol. The third-order valence-corrected chi connectivity index (χ3v) is 3.98. The smallest absolute Gasteiger partial charge is 0.381 e. The molecule has 1 aliphatic rings. The van der Waals surface area contributed by atoms with Crippen LogP contribution in [0.25, 0.3) is 0 Å². The second kappa shape index (κ2) is 7.20.